The summed E-state index contributed by atoms with van der Waals surface area (Å²) in [6, 6.07) is 9.34. The Morgan fingerprint density at radius 1 is 1.32 bits per heavy atom. The Balaban J connectivity index is 1.80. The average molecular weight is 371 g/mol. The highest BCUT2D eigenvalue weighted by atomic mass is 32.2. The number of aromatic nitrogens is 2. The Bertz CT molecular complexity index is 1020. The molecule has 3 aromatic rings. The summed E-state index contributed by atoms with van der Waals surface area (Å²) >= 11 is 2.83. The van der Waals surface area contributed by atoms with Gasteiger partial charge in [0.05, 0.1) is 5.39 Å². The summed E-state index contributed by atoms with van der Waals surface area (Å²) in [7, 11) is 1.71. The third-order valence-corrected chi connectivity index (χ3v) is 6.99. The van der Waals surface area contributed by atoms with Crippen molar-refractivity contribution in [1.29, 1.82) is 0 Å². The second kappa shape index (κ2) is 6.31. The van der Waals surface area contributed by atoms with E-state index in [1.165, 1.54) is 26.8 Å². The van der Waals surface area contributed by atoms with E-state index in [0.29, 0.717) is 5.16 Å². The number of thiophene rings is 1. The molecular formula is C18H17N3O2S2. The van der Waals surface area contributed by atoms with Crippen LogP contribution in [-0.4, -0.2) is 15.5 Å². The van der Waals surface area contributed by atoms with Gasteiger partial charge in [-0.05, 0) is 30.4 Å². The Hall–Kier alpha value is -2.12. The first-order valence-corrected chi connectivity index (χ1v) is 9.78. The van der Waals surface area contributed by atoms with Gasteiger partial charge in [-0.2, -0.15) is 0 Å². The molecule has 0 spiro atoms. The molecule has 2 aromatic heterocycles. The molecule has 2 N–H and O–H groups in total. The van der Waals surface area contributed by atoms with Crippen molar-refractivity contribution in [2.24, 2.45) is 12.8 Å². The second-order valence-corrected chi connectivity index (χ2v) is 8.26. The standard InChI is InChI=1S/C18H17N3O2S2/c1-21-17(23)13-11-8-5-9-12(11)24-16(13)20-18(21)25-14(15(19)22)10-6-3-2-4-7-10/h2-4,6-7,14H,5,8-9H2,1H3,(H2,19,22)/t14-/m1/s1. The van der Waals surface area contributed by atoms with Crippen LogP contribution in [0.3, 0.4) is 0 Å². The maximum atomic E-state index is 12.9. The van der Waals surface area contributed by atoms with Crippen LogP contribution < -0.4 is 11.3 Å². The Morgan fingerprint density at radius 2 is 2.08 bits per heavy atom. The molecule has 2 heterocycles. The van der Waals surface area contributed by atoms with Crippen LogP contribution in [0.2, 0.25) is 0 Å². The van der Waals surface area contributed by atoms with Crippen molar-refractivity contribution in [3.63, 3.8) is 0 Å². The molecule has 0 saturated carbocycles. The third kappa shape index (κ3) is 2.77. The highest BCUT2D eigenvalue weighted by molar-refractivity contribution is 8.00. The largest absolute Gasteiger partial charge is 0.368 e. The van der Waals surface area contributed by atoms with Gasteiger partial charge in [-0.15, -0.1) is 11.3 Å². The van der Waals surface area contributed by atoms with Crippen molar-refractivity contribution in [2.45, 2.75) is 29.7 Å². The van der Waals surface area contributed by atoms with Gasteiger partial charge in [0.1, 0.15) is 10.1 Å². The number of amides is 1. The lowest BCUT2D eigenvalue weighted by Crippen LogP contribution is -2.23. The van der Waals surface area contributed by atoms with Crippen LogP contribution in [0.25, 0.3) is 10.2 Å². The molecule has 0 fully saturated rings. The minimum atomic E-state index is -0.580. The molecule has 0 unspecified atom stereocenters. The van der Waals surface area contributed by atoms with E-state index in [9.17, 15) is 9.59 Å². The van der Waals surface area contributed by atoms with Crippen molar-refractivity contribution >= 4 is 39.2 Å². The van der Waals surface area contributed by atoms with Crippen LogP contribution in [0.1, 0.15) is 27.7 Å². The molecule has 1 aromatic carbocycles. The molecule has 0 radical (unpaired) electrons. The number of aryl methyl sites for hydroxylation is 2. The molecule has 1 aliphatic carbocycles. The number of hydrogen-bond acceptors (Lipinski definition) is 5. The van der Waals surface area contributed by atoms with Crippen LogP contribution >= 0.6 is 23.1 Å². The average Bonchev–Trinajstić information content (AvgIpc) is 3.17. The first-order valence-electron chi connectivity index (χ1n) is 8.08. The molecular weight excluding hydrogens is 354 g/mol. The minimum Gasteiger partial charge on any atom is -0.368 e. The van der Waals surface area contributed by atoms with E-state index >= 15 is 0 Å². The lowest BCUT2D eigenvalue weighted by molar-refractivity contribution is -0.117. The number of carbonyl (C=O) groups is 1. The number of thioether (sulfide) groups is 1. The van der Waals surface area contributed by atoms with E-state index in [1.54, 1.807) is 18.4 Å². The van der Waals surface area contributed by atoms with Crippen molar-refractivity contribution < 1.29 is 4.79 Å². The number of nitrogens with zero attached hydrogens (tertiary/aromatic N) is 2. The normalized spacial score (nSPS) is 14.6. The maximum Gasteiger partial charge on any atom is 0.262 e. The lowest BCUT2D eigenvalue weighted by Gasteiger charge is -2.15. The lowest BCUT2D eigenvalue weighted by atomic mass is 10.1. The van der Waals surface area contributed by atoms with Gasteiger partial charge in [-0.25, -0.2) is 4.98 Å². The third-order valence-electron chi connectivity index (χ3n) is 4.49. The topological polar surface area (TPSA) is 78.0 Å². The Labute approximate surface area is 152 Å². The number of primary amides is 1. The SMILES string of the molecule is Cn1c(S[C@@H](C(N)=O)c2ccccc2)nc2sc3c(c2c1=O)CCC3. The zero-order valence-corrected chi connectivity index (χ0v) is 15.3. The summed E-state index contributed by atoms with van der Waals surface area (Å²) in [5.41, 5.74) is 7.54. The first-order chi connectivity index (χ1) is 12.1. The van der Waals surface area contributed by atoms with Crippen molar-refractivity contribution in [3.05, 3.63) is 56.7 Å². The maximum absolute atomic E-state index is 12.9. The van der Waals surface area contributed by atoms with Crippen molar-refractivity contribution in [2.75, 3.05) is 0 Å². The quantitative estimate of drug-likeness (QED) is 0.565. The molecule has 25 heavy (non-hydrogen) atoms. The van der Waals surface area contributed by atoms with E-state index in [1.807, 2.05) is 30.3 Å². The molecule has 128 valence electrons. The van der Waals surface area contributed by atoms with E-state index in [0.717, 1.165) is 35.0 Å². The molecule has 0 aliphatic heterocycles. The highest BCUT2D eigenvalue weighted by Gasteiger charge is 2.25. The van der Waals surface area contributed by atoms with Gasteiger partial charge in [0, 0.05) is 11.9 Å². The zero-order valence-electron chi connectivity index (χ0n) is 13.7. The van der Waals surface area contributed by atoms with Crippen LogP contribution in [0.5, 0.6) is 0 Å². The van der Waals surface area contributed by atoms with E-state index in [2.05, 4.69) is 4.98 Å². The summed E-state index contributed by atoms with van der Waals surface area (Å²) in [6.45, 7) is 0. The summed E-state index contributed by atoms with van der Waals surface area (Å²) in [4.78, 5) is 31.6. The van der Waals surface area contributed by atoms with E-state index < -0.39 is 11.2 Å². The van der Waals surface area contributed by atoms with E-state index in [4.69, 9.17) is 5.73 Å². The fourth-order valence-corrected chi connectivity index (χ4v) is 5.55. The minimum absolute atomic E-state index is 0.0387. The van der Waals surface area contributed by atoms with Gasteiger partial charge in [0.15, 0.2) is 5.16 Å². The zero-order chi connectivity index (χ0) is 17.6. The van der Waals surface area contributed by atoms with Gasteiger partial charge in [-0.1, -0.05) is 42.1 Å². The number of rotatable bonds is 4. The van der Waals surface area contributed by atoms with Crippen molar-refractivity contribution in [1.82, 2.24) is 9.55 Å². The predicted molar refractivity (Wildman–Crippen MR) is 101 cm³/mol. The summed E-state index contributed by atoms with van der Waals surface area (Å²) in [6.07, 6.45) is 3.08. The van der Waals surface area contributed by atoms with Crippen LogP contribution in [0, 0.1) is 0 Å². The number of benzene rings is 1. The fraction of sp³-hybridized carbons (Fsp3) is 0.278. The van der Waals surface area contributed by atoms with Gasteiger partial charge in [-0.3, -0.25) is 14.2 Å². The summed E-state index contributed by atoms with van der Waals surface area (Å²) in [5.74, 6) is -0.445. The van der Waals surface area contributed by atoms with Gasteiger partial charge in [0.25, 0.3) is 5.56 Å². The van der Waals surface area contributed by atoms with E-state index in [-0.39, 0.29) is 5.56 Å². The van der Waals surface area contributed by atoms with Crippen LogP contribution in [0.4, 0.5) is 0 Å². The van der Waals surface area contributed by atoms with Crippen LogP contribution in [0.15, 0.2) is 40.3 Å². The molecule has 4 rings (SSSR count). The molecule has 1 aliphatic rings. The number of nitrogens with two attached hydrogens (primary N) is 1. The molecule has 5 nitrogen and oxygen atoms in total. The van der Waals surface area contributed by atoms with Crippen LogP contribution in [-0.2, 0) is 24.7 Å². The number of carbonyl (C=O) groups excluding carboxylic acids is 1. The molecule has 0 bridgehead atoms. The second-order valence-electron chi connectivity index (χ2n) is 6.11. The van der Waals surface area contributed by atoms with Gasteiger partial charge >= 0.3 is 0 Å². The molecule has 1 amide bonds. The molecule has 0 saturated heterocycles. The summed E-state index contributed by atoms with van der Waals surface area (Å²) < 4.78 is 1.54. The first kappa shape index (κ1) is 16.4. The van der Waals surface area contributed by atoms with Crippen molar-refractivity contribution in [3.8, 4) is 0 Å². The predicted octanol–water partition coefficient (Wildman–Crippen LogP) is 2.80. The molecule has 7 heteroatoms. The summed E-state index contributed by atoms with van der Waals surface area (Å²) in [5, 5.41) is 0.688. The number of fused-ring (bicyclic) bond motifs is 3. The monoisotopic (exact) mass is 371 g/mol. The fourth-order valence-electron chi connectivity index (χ4n) is 3.23. The molecule has 1 atom stereocenters. The highest BCUT2D eigenvalue weighted by Crippen LogP contribution is 2.38. The Kier molecular flexibility index (Phi) is 4.13. The Morgan fingerprint density at radius 3 is 2.80 bits per heavy atom. The smallest absolute Gasteiger partial charge is 0.262 e. The number of hydrogen-bond donors (Lipinski definition) is 1. The van der Waals surface area contributed by atoms with Gasteiger partial charge in [0.2, 0.25) is 5.91 Å². The van der Waals surface area contributed by atoms with Gasteiger partial charge < -0.3 is 5.73 Å².